The average molecular weight is 547 g/mol. The Kier molecular flexibility index (Phi) is 7.20. The van der Waals surface area contributed by atoms with Crippen molar-refractivity contribution in [3.63, 3.8) is 0 Å². The van der Waals surface area contributed by atoms with E-state index < -0.39 is 26.7 Å². The molecule has 3 aliphatic rings. The fourth-order valence-corrected chi connectivity index (χ4v) is 7.29. The molecule has 37 heavy (non-hydrogen) atoms. The van der Waals surface area contributed by atoms with Gasteiger partial charge in [-0.25, -0.2) is 13.1 Å². The molecule has 2 aliphatic heterocycles. The molecule has 1 aliphatic carbocycles. The van der Waals surface area contributed by atoms with E-state index in [9.17, 15) is 18.5 Å². The lowest BCUT2D eigenvalue weighted by Gasteiger charge is -2.29. The van der Waals surface area contributed by atoms with Crippen LogP contribution in [0.1, 0.15) is 25.0 Å². The van der Waals surface area contributed by atoms with Gasteiger partial charge in [-0.3, -0.25) is 9.69 Å². The summed E-state index contributed by atoms with van der Waals surface area (Å²) in [5.41, 5.74) is -0.0705. The molecule has 1 N–H and O–H groups in total. The lowest BCUT2D eigenvalue weighted by molar-refractivity contribution is -0.122. The monoisotopic (exact) mass is 546 g/mol. The molecule has 5 rings (SSSR count). The fourth-order valence-electron chi connectivity index (χ4n) is 5.08. The van der Waals surface area contributed by atoms with E-state index in [4.69, 9.17) is 16.3 Å². The summed E-state index contributed by atoms with van der Waals surface area (Å²) in [6, 6.07) is 9.70. The van der Waals surface area contributed by atoms with Crippen LogP contribution in [-0.4, -0.2) is 85.2 Å². The second-order valence-corrected chi connectivity index (χ2v) is 12.6. The maximum absolute atomic E-state index is 13.6. The normalized spacial score (nSPS) is 23.5. The number of anilines is 1. The number of halogens is 1. The quantitative estimate of drug-likeness (QED) is 0.532. The molecular formula is C25H31ClN6O4S. The lowest BCUT2D eigenvalue weighted by atomic mass is 10.1. The van der Waals surface area contributed by atoms with Crippen molar-refractivity contribution in [2.45, 2.75) is 54.5 Å². The number of nitrogens with zero attached hydrogens (tertiary/aromatic N) is 5. The second-order valence-electron chi connectivity index (χ2n) is 10.0. The number of sulfone groups is 1. The van der Waals surface area contributed by atoms with Gasteiger partial charge in [-0.1, -0.05) is 23.7 Å². The van der Waals surface area contributed by atoms with Gasteiger partial charge in [0.05, 0.1) is 46.7 Å². The first-order valence-corrected chi connectivity index (χ1v) is 14.5. The Bertz CT molecular complexity index is 1310. The summed E-state index contributed by atoms with van der Waals surface area (Å²) < 4.78 is 34.6. The molecule has 198 valence electrons. The van der Waals surface area contributed by atoms with Crippen LogP contribution in [0.25, 0.3) is 0 Å². The molecule has 2 saturated heterocycles. The van der Waals surface area contributed by atoms with Gasteiger partial charge >= 0.3 is 0 Å². The van der Waals surface area contributed by atoms with Crippen molar-refractivity contribution in [1.82, 2.24) is 20.0 Å². The van der Waals surface area contributed by atoms with Crippen LogP contribution in [0.2, 0.25) is 5.02 Å². The zero-order valence-corrected chi connectivity index (χ0v) is 22.3. The third-order valence-corrected chi connectivity index (χ3v) is 10.0. The molecule has 1 aromatic carbocycles. The number of carbonyl (C=O) groups excluding carboxylic acids is 1. The first-order valence-electron chi connectivity index (χ1n) is 12.6. The van der Waals surface area contributed by atoms with E-state index in [0.717, 1.165) is 25.3 Å². The molecule has 12 heteroatoms. The molecule has 0 unspecified atom stereocenters. The summed E-state index contributed by atoms with van der Waals surface area (Å²) in [6.07, 6.45) is 1.29. The fraction of sp³-hybridized carbons (Fsp3) is 0.560. The van der Waals surface area contributed by atoms with Gasteiger partial charge in [0.15, 0.2) is 9.84 Å². The van der Waals surface area contributed by atoms with Crippen LogP contribution in [0, 0.1) is 18.3 Å². The highest BCUT2D eigenvalue weighted by atomic mass is 35.5. The smallest absolute Gasteiger partial charge is 0.244 e. The first-order chi connectivity index (χ1) is 17.7. The maximum Gasteiger partial charge on any atom is 0.244 e. The predicted octanol–water partition coefficient (Wildman–Crippen LogP) is 1.77. The Labute approximate surface area is 222 Å². The van der Waals surface area contributed by atoms with E-state index in [1.54, 1.807) is 18.2 Å². The Morgan fingerprint density at radius 2 is 2.00 bits per heavy atom. The number of rotatable bonds is 8. The highest BCUT2D eigenvalue weighted by molar-refractivity contribution is 7.92. The molecule has 1 amide bonds. The van der Waals surface area contributed by atoms with Crippen LogP contribution >= 0.6 is 11.6 Å². The van der Waals surface area contributed by atoms with Gasteiger partial charge in [-0.05, 0) is 38.3 Å². The molecule has 0 radical (unpaired) electrons. The van der Waals surface area contributed by atoms with E-state index in [2.05, 4.69) is 21.4 Å². The summed E-state index contributed by atoms with van der Waals surface area (Å²) in [6.45, 7) is 6.44. The van der Waals surface area contributed by atoms with Crippen molar-refractivity contribution >= 4 is 33.2 Å². The minimum absolute atomic E-state index is 0.0652. The lowest BCUT2D eigenvalue weighted by Crippen LogP contribution is -2.48. The summed E-state index contributed by atoms with van der Waals surface area (Å²) in [4.78, 5) is 17.7. The van der Waals surface area contributed by atoms with Crippen LogP contribution in [-0.2, 0) is 25.9 Å². The van der Waals surface area contributed by atoms with Gasteiger partial charge in [0.1, 0.15) is 17.4 Å². The molecule has 3 heterocycles. The number of aryl methyl sites for hydroxylation is 1. The van der Waals surface area contributed by atoms with Crippen LogP contribution in [0.3, 0.4) is 0 Å². The van der Waals surface area contributed by atoms with Gasteiger partial charge in [0, 0.05) is 32.2 Å². The molecule has 2 atom stereocenters. The Morgan fingerprint density at radius 3 is 2.68 bits per heavy atom. The topological polar surface area (TPSA) is 121 Å². The van der Waals surface area contributed by atoms with E-state index >= 15 is 0 Å². The zero-order valence-electron chi connectivity index (χ0n) is 20.8. The highest BCUT2D eigenvalue weighted by Crippen LogP contribution is 2.37. The number of amides is 1. The minimum Gasteiger partial charge on any atom is -0.379 e. The van der Waals surface area contributed by atoms with E-state index in [1.165, 1.54) is 6.07 Å². The largest absolute Gasteiger partial charge is 0.379 e. The molecule has 0 spiro atoms. The number of nitrogens with one attached hydrogen (secondary N) is 1. The van der Waals surface area contributed by atoms with Crippen LogP contribution in [0.4, 0.5) is 5.82 Å². The Hall–Kier alpha value is -2.65. The molecule has 1 aromatic heterocycles. The molecule has 2 aromatic rings. The maximum atomic E-state index is 13.6. The summed E-state index contributed by atoms with van der Waals surface area (Å²) in [7, 11) is -3.82. The minimum atomic E-state index is -3.82. The summed E-state index contributed by atoms with van der Waals surface area (Å²) in [5.74, 6) is 0.360. The van der Waals surface area contributed by atoms with E-state index in [0.29, 0.717) is 38.4 Å². The van der Waals surface area contributed by atoms with Crippen molar-refractivity contribution in [2.75, 3.05) is 44.3 Å². The number of hydrogen-bond donors (Lipinski definition) is 1. The number of nitriles is 1. The number of carbonyl (C=O) groups is 1. The SMILES string of the molecule is Cc1cc(N2C[C@H](S(=O)(=O)c3ccccc3Cl)C[C@H]2C(=O)NC2(C#N)CC2)n(CCN2CCOCC2)n1. The number of hydrogen-bond acceptors (Lipinski definition) is 8. The van der Waals surface area contributed by atoms with Gasteiger partial charge in [0.2, 0.25) is 5.91 Å². The molecule has 10 nitrogen and oxygen atoms in total. The zero-order chi connectivity index (χ0) is 26.2. The van der Waals surface area contributed by atoms with Crippen molar-refractivity contribution in [3.05, 3.63) is 41.0 Å². The van der Waals surface area contributed by atoms with Crippen LogP contribution in [0.15, 0.2) is 35.2 Å². The number of ether oxygens (including phenoxy) is 1. The highest BCUT2D eigenvalue weighted by Gasteiger charge is 2.50. The standard InChI is InChI=1S/C25H31ClN6O4S/c1-18-14-23(32(29-18)9-8-30-10-12-36-13-11-30)31-16-19(37(34,35)22-5-3-2-4-20(22)26)15-21(31)24(33)28-25(17-27)6-7-25/h2-5,14,19,21H,6-13,15-16H2,1H3,(H,28,33)/t19-,21+/m1/s1. The van der Waals surface area contributed by atoms with Crippen LogP contribution < -0.4 is 10.2 Å². The van der Waals surface area contributed by atoms with E-state index in [-0.39, 0.29) is 28.8 Å². The summed E-state index contributed by atoms with van der Waals surface area (Å²) in [5, 5.41) is 16.4. The van der Waals surface area contributed by atoms with Crippen LogP contribution in [0.5, 0.6) is 0 Å². The molecule has 1 saturated carbocycles. The van der Waals surface area contributed by atoms with Gasteiger partial charge < -0.3 is 15.0 Å². The first kappa shape index (κ1) is 26.0. The van der Waals surface area contributed by atoms with Gasteiger partial charge in [0.25, 0.3) is 0 Å². The van der Waals surface area contributed by atoms with Crippen molar-refractivity contribution in [3.8, 4) is 6.07 Å². The Balaban J connectivity index is 1.44. The van der Waals surface area contributed by atoms with Gasteiger partial charge in [-0.2, -0.15) is 10.4 Å². The Morgan fingerprint density at radius 1 is 1.27 bits per heavy atom. The number of aromatic nitrogens is 2. The third-order valence-electron chi connectivity index (χ3n) is 7.38. The second kappa shape index (κ2) is 10.3. The predicted molar refractivity (Wildman–Crippen MR) is 138 cm³/mol. The van der Waals surface area contributed by atoms with Crippen molar-refractivity contribution in [2.24, 2.45) is 0 Å². The number of morpholine rings is 1. The average Bonchev–Trinajstić information content (AvgIpc) is 3.34. The van der Waals surface area contributed by atoms with Gasteiger partial charge in [-0.15, -0.1) is 0 Å². The van der Waals surface area contributed by atoms with E-state index in [1.807, 2.05) is 22.6 Å². The molecule has 3 fully saturated rings. The summed E-state index contributed by atoms with van der Waals surface area (Å²) >= 11 is 6.26. The number of benzene rings is 1. The van der Waals surface area contributed by atoms with Crippen molar-refractivity contribution in [1.29, 1.82) is 5.26 Å². The third kappa shape index (κ3) is 5.34. The van der Waals surface area contributed by atoms with Crippen molar-refractivity contribution < 1.29 is 17.9 Å². The molecular weight excluding hydrogens is 516 g/mol. The molecule has 0 bridgehead atoms.